The lowest BCUT2D eigenvalue weighted by atomic mass is 9.80. The van der Waals surface area contributed by atoms with E-state index in [2.05, 4.69) is 16.9 Å². The molecule has 1 aliphatic rings. The van der Waals surface area contributed by atoms with E-state index in [0.29, 0.717) is 5.92 Å². The number of hydrogen-bond acceptors (Lipinski definition) is 3. The zero-order valence-electron chi connectivity index (χ0n) is 9.89. The Labute approximate surface area is 96.9 Å². The van der Waals surface area contributed by atoms with E-state index in [1.807, 2.05) is 0 Å². The van der Waals surface area contributed by atoms with Crippen LogP contribution < -0.4 is 0 Å². The van der Waals surface area contributed by atoms with Gasteiger partial charge in [-0.05, 0) is 37.7 Å². The average molecular weight is 220 g/mol. The predicted octanol–water partition coefficient (Wildman–Crippen LogP) is 2.65. The number of rotatable bonds is 3. The number of aromatic nitrogens is 2. The van der Waals surface area contributed by atoms with Crippen molar-refractivity contribution in [2.75, 3.05) is 0 Å². The monoisotopic (exact) mass is 220 g/mol. The molecule has 1 N–H and O–H groups in total. The van der Waals surface area contributed by atoms with Crippen LogP contribution in [0.15, 0.2) is 12.3 Å². The first-order chi connectivity index (χ1) is 7.83. The average Bonchev–Trinajstić information content (AvgIpc) is 2.39. The lowest BCUT2D eigenvalue weighted by molar-refractivity contribution is 0.274. The number of aliphatic hydroxyl groups is 1. The molecule has 0 spiro atoms. The summed E-state index contributed by atoms with van der Waals surface area (Å²) >= 11 is 0. The Kier molecular flexibility index (Phi) is 3.88. The third-order valence-electron chi connectivity index (χ3n) is 3.68. The maximum Gasteiger partial charge on any atom is 0.131 e. The smallest absolute Gasteiger partial charge is 0.131 e. The van der Waals surface area contributed by atoms with Crippen molar-refractivity contribution in [2.24, 2.45) is 5.92 Å². The lowest BCUT2D eigenvalue weighted by Crippen LogP contribution is -2.15. The summed E-state index contributed by atoms with van der Waals surface area (Å²) in [5.74, 6) is 2.34. The Hall–Kier alpha value is -0.960. The zero-order valence-corrected chi connectivity index (χ0v) is 9.89. The second-order valence-electron chi connectivity index (χ2n) is 4.69. The first kappa shape index (κ1) is 11.5. The van der Waals surface area contributed by atoms with Crippen LogP contribution in [0.1, 0.15) is 56.5 Å². The van der Waals surface area contributed by atoms with Gasteiger partial charge in [0.2, 0.25) is 0 Å². The lowest BCUT2D eigenvalue weighted by Gasteiger charge is -2.26. The highest BCUT2D eigenvalue weighted by atomic mass is 16.3. The predicted molar refractivity (Wildman–Crippen MR) is 62.9 cm³/mol. The summed E-state index contributed by atoms with van der Waals surface area (Å²) in [6.07, 6.45) is 8.06. The minimum absolute atomic E-state index is 0.0137. The molecular weight excluding hydrogens is 200 g/mol. The van der Waals surface area contributed by atoms with E-state index in [4.69, 9.17) is 5.11 Å². The largest absolute Gasteiger partial charge is 0.390 e. The molecule has 16 heavy (non-hydrogen) atoms. The number of nitrogens with zero attached hydrogens (tertiary/aromatic N) is 2. The first-order valence-corrected chi connectivity index (χ1v) is 6.26. The number of hydrogen-bond donors (Lipinski definition) is 1. The summed E-state index contributed by atoms with van der Waals surface area (Å²) in [5.41, 5.74) is 0.739. The van der Waals surface area contributed by atoms with Gasteiger partial charge in [-0.15, -0.1) is 0 Å². The summed E-state index contributed by atoms with van der Waals surface area (Å²) < 4.78 is 0. The van der Waals surface area contributed by atoms with Gasteiger partial charge in [0.05, 0.1) is 12.3 Å². The van der Waals surface area contributed by atoms with Gasteiger partial charge in [0.15, 0.2) is 0 Å². The second-order valence-corrected chi connectivity index (χ2v) is 4.69. The molecule has 1 aromatic rings. The molecule has 3 nitrogen and oxygen atoms in total. The van der Waals surface area contributed by atoms with Crippen molar-refractivity contribution in [1.29, 1.82) is 0 Å². The molecule has 0 atom stereocenters. The van der Waals surface area contributed by atoms with Crippen molar-refractivity contribution < 1.29 is 5.11 Å². The Bertz CT molecular complexity index is 332. The standard InChI is InChI=1S/C13H20N2O/c1-2-10-3-5-11(6-4-10)13-14-8-7-12(9-16)15-13/h7-8,10-11,16H,2-6,9H2,1H3. The van der Waals surface area contributed by atoms with Crippen LogP contribution in [0.3, 0.4) is 0 Å². The molecule has 1 aromatic heterocycles. The molecule has 1 heterocycles. The van der Waals surface area contributed by atoms with Crippen LogP contribution in [0.25, 0.3) is 0 Å². The summed E-state index contributed by atoms with van der Waals surface area (Å²) in [6, 6.07) is 1.78. The van der Waals surface area contributed by atoms with Gasteiger partial charge in [-0.2, -0.15) is 0 Å². The van der Waals surface area contributed by atoms with E-state index < -0.39 is 0 Å². The van der Waals surface area contributed by atoms with Crippen molar-refractivity contribution >= 4 is 0 Å². The fourth-order valence-electron chi connectivity index (χ4n) is 2.53. The van der Waals surface area contributed by atoms with Crippen molar-refractivity contribution in [2.45, 2.75) is 51.6 Å². The van der Waals surface area contributed by atoms with Crippen LogP contribution in [0, 0.1) is 5.92 Å². The van der Waals surface area contributed by atoms with E-state index in [-0.39, 0.29) is 6.61 Å². The molecule has 0 bridgehead atoms. The molecule has 3 heteroatoms. The van der Waals surface area contributed by atoms with Gasteiger partial charge in [0.25, 0.3) is 0 Å². The maximum absolute atomic E-state index is 9.05. The van der Waals surface area contributed by atoms with Crippen LogP contribution >= 0.6 is 0 Å². The van der Waals surface area contributed by atoms with Crippen molar-refractivity contribution in [1.82, 2.24) is 9.97 Å². The zero-order chi connectivity index (χ0) is 11.4. The molecular formula is C13H20N2O. The van der Waals surface area contributed by atoms with Crippen molar-refractivity contribution in [3.8, 4) is 0 Å². The summed E-state index contributed by atoms with van der Waals surface area (Å²) in [7, 11) is 0. The fraction of sp³-hybridized carbons (Fsp3) is 0.692. The van der Waals surface area contributed by atoms with Gasteiger partial charge in [-0.3, -0.25) is 0 Å². The highest BCUT2D eigenvalue weighted by Gasteiger charge is 2.23. The number of aliphatic hydroxyl groups excluding tert-OH is 1. The van der Waals surface area contributed by atoms with Gasteiger partial charge >= 0.3 is 0 Å². The van der Waals surface area contributed by atoms with Gasteiger partial charge in [-0.1, -0.05) is 13.3 Å². The molecule has 1 saturated carbocycles. The van der Waals surface area contributed by atoms with Crippen LogP contribution in [0.2, 0.25) is 0 Å². The third kappa shape index (κ3) is 2.59. The minimum Gasteiger partial charge on any atom is -0.390 e. The molecule has 0 aromatic carbocycles. The molecule has 2 rings (SSSR count). The van der Waals surface area contributed by atoms with Gasteiger partial charge in [0, 0.05) is 12.1 Å². The Morgan fingerprint density at radius 3 is 2.69 bits per heavy atom. The highest BCUT2D eigenvalue weighted by molar-refractivity contribution is 5.05. The molecule has 0 amide bonds. The van der Waals surface area contributed by atoms with Gasteiger partial charge in [-0.25, -0.2) is 9.97 Å². The Balaban J connectivity index is 2.02. The molecule has 0 aliphatic heterocycles. The Morgan fingerprint density at radius 2 is 2.06 bits per heavy atom. The second kappa shape index (κ2) is 5.39. The topological polar surface area (TPSA) is 46.0 Å². The maximum atomic E-state index is 9.05. The van der Waals surface area contributed by atoms with Gasteiger partial charge < -0.3 is 5.11 Å². The molecule has 1 aliphatic carbocycles. The van der Waals surface area contributed by atoms with Crippen LogP contribution in [-0.4, -0.2) is 15.1 Å². The van der Waals surface area contributed by atoms with Crippen LogP contribution in [-0.2, 0) is 6.61 Å². The molecule has 0 radical (unpaired) electrons. The summed E-state index contributed by atoms with van der Waals surface area (Å²) in [6.45, 7) is 2.29. The molecule has 88 valence electrons. The molecule has 1 fully saturated rings. The summed E-state index contributed by atoms with van der Waals surface area (Å²) in [5, 5.41) is 9.05. The van der Waals surface area contributed by atoms with E-state index >= 15 is 0 Å². The SMILES string of the molecule is CCC1CCC(c2nccc(CO)n2)CC1. The van der Waals surface area contributed by atoms with Crippen molar-refractivity contribution in [3.05, 3.63) is 23.8 Å². The molecule has 0 saturated heterocycles. The van der Waals surface area contributed by atoms with Crippen LogP contribution in [0.5, 0.6) is 0 Å². The van der Waals surface area contributed by atoms with Gasteiger partial charge in [0.1, 0.15) is 5.82 Å². The molecule has 0 unspecified atom stereocenters. The quantitative estimate of drug-likeness (QED) is 0.851. The van der Waals surface area contributed by atoms with E-state index in [0.717, 1.165) is 17.4 Å². The van der Waals surface area contributed by atoms with E-state index in [9.17, 15) is 0 Å². The van der Waals surface area contributed by atoms with Crippen LogP contribution in [0.4, 0.5) is 0 Å². The van der Waals surface area contributed by atoms with E-state index in [1.54, 1.807) is 12.3 Å². The van der Waals surface area contributed by atoms with Crippen molar-refractivity contribution in [3.63, 3.8) is 0 Å². The minimum atomic E-state index is 0.0137. The third-order valence-corrected chi connectivity index (χ3v) is 3.68. The summed E-state index contributed by atoms with van der Waals surface area (Å²) in [4.78, 5) is 8.74. The van der Waals surface area contributed by atoms with E-state index in [1.165, 1.54) is 32.1 Å². The normalized spacial score (nSPS) is 25.6. The first-order valence-electron chi connectivity index (χ1n) is 6.26. The Morgan fingerprint density at radius 1 is 1.31 bits per heavy atom. The highest BCUT2D eigenvalue weighted by Crippen LogP contribution is 2.35. The fourth-order valence-corrected chi connectivity index (χ4v) is 2.53.